The molecule has 0 atom stereocenters. The van der Waals surface area contributed by atoms with Gasteiger partial charge in [-0.05, 0) is 60.9 Å². The van der Waals surface area contributed by atoms with E-state index in [2.05, 4.69) is 26.3 Å². The molecule has 5 aromatic rings. The van der Waals surface area contributed by atoms with Gasteiger partial charge in [0.1, 0.15) is 17.6 Å². The van der Waals surface area contributed by atoms with E-state index >= 15 is 0 Å². The maximum atomic E-state index is 13.3. The number of nitrogens with zero attached hydrogens (tertiary/aromatic N) is 5. The van der Waals surface area contributed by atoms with Crippen LogP contribution in [-0.2, 0) is 13.1 Å². The van der Waals surface area contributed by atoms with Gasteiger partial charge in [-0.1, -0.05) is 17.7 Å². The Balaban J connectivity index is 1.49. The third kappa shape index (κ3) is 4.44. The maximum Gasteiger partial charge on any atom is 0.253 e. The fourth-order valence-electron chi connectivity index (χ4n) is 4.43. The fourth-order valence-corrected chi connectivity index (χ4v) is 4.60. The molecule has 0 unspecified atom stereocenters. The minimum atomic E-state index is -0.251. The molecule has 0 saturated heterocycles. The van der Waals surface area contributed by atoms with E-state index in [0.717, 1.165) is 38.8 Å². The minimum Gasteiger partial charge on any atom is -0.384 e. The lowest BCUT2D eigenvalue weighted by molar-refractivity contribution is 0.0952. The van der Waals surface area contributed by atoms with Gasteiger partial charge in [-0.2, -0.15) is 5.26 Å². The van der Waals surface area contributed by atoms with Gasteiger partial charge >= 0.3 is 0 Å². The monoisotopic (exact) mass is 495 g/mol. The zero-order valence-corrected chi connectivity index (χ0v) is 20.5. The topological polar surface area (TPSA) is 123 Å². The third-order valence-electron chi connectivity index (χ3n) is 6.19. The van der Waals surface area contributed by atoms with Crippen molar-refractivity contribution in [3.05, 3.63) is 93.7 Å². The van der Waals surface area contributed by atoms with Crippen LogP contribution in [0.15, 0.2) is 55.0 Å². The van der Waals surface area contributed by atoms with Gasteiger partial charge in [0.25, 0.3) is 5.91 Å². The van der Waals surface area contributed by atoms with Crippen molar-refractivity contribution in [3.63, 3.8) is 0 Å². The fraction of sp³-hybridized carbons (Fsp3) is 0.148. The number of rotatable bonds is 5. The summed E-state index contributed by atoms with van der Waals surface area (Å²) in [4.78, 5) is 26.2. The van der Waals surface area contributed by atoms with Crippen LogP contribution in [0.5, 0.6) is 0 Å². The summed E-state index contributed by atoms with van der Waals surface area (Å²) < 4.78 is 1.96. The van der Waals surface area contributed by atoms with E-state index in [1.807, 2.05) is 42.7 Å². The molecule has 0 aliphatic rings. The summed E-state index contributed by atoms with van der Waals surface area (Å²) in [6.07, 6.45) is 5.04. The smallest absolute Gasteiger partial charge is 0.253 e. The summed E-state index contributed by atoms with van der Waals surface area (Å²) >= 11 is 6.12. The van der Waals surface area contributed by atoms with Gasteiger partial charge in [-0.25, -0.2) is 9.97 Å². The largest absolute Gasteiger partial charge is 0.384 e. The Hall–Kier alpha value is -4.48. The molecule has 0 spiro atoms. The molecule has 36 heavy (non-hydrogen) atoms. The molecule has 0 aliphatic heterocycles. The number of nitrogens with one attached hydrogen (secondary N) is 1. The number of hydrogen-bond donors (Lipinski definition) is 2. The van der Waals surface area contributed by atoms with Crippen LogP contribution >= 0.6 is 11.6 Å². The Morgan fingerprint density at radius 3 is 2.78 bits per heavy atom. The maximum absolute atomic E-state index is 13.3. The van der Waals surface area contributed by atoms with Crippen molar-refractivity contribution in [2.75, 3.05) is 5.73 Å². The highest BCUT2D eigenvalue weighted by Crippen LogP contribution is 2.25. The standard InChI is InChI=1S/C27H22ClN7O/c1-15-5-26(30)34-16(2)22(15)11-33-27(36)23-14-35(25-12-31-20(9-29)8-21(23)25)13-17-3-4-24-18(6-17)7-19(28)10-32-24/h3-8,10,12,14H,11,13H2,1-2H3,(H2,30,34)(H,33,36). The molecule has 0 radical (unpaired) electrons. The van der Waals surface area contributed by atoms with Crippen LogP contribution in [0.25, 0.3) is 21.8 Å². The predicted octanol–water partition coefficient (Wildman–Crippen LogP) is 4.68. The van der Waals surface area contributed by atoms with Crippen LogP contribution in [0, 0.1) is 25.2 Å². The van der Waals surface area contributed by atoms with Gasteiger partial charge < -0.3 is 15.6 Å². The highest BCUT2D eigenvalue weighted by molar-refractivity contribution is 6.31. The van der Waals surface area contributed by atoms with E-state index in [1.54, 1.807) is 30.7 Å². The number of halogens is 1. The highest BCUT2D eigenvalue weighted by Gasteiger charge is 2.18. The van der Waals surface area contributed by atoms with E-state index in [4.69, 9.17) is 17.3 Å². The van der Waals surface area contributed by atoms with Crippen molar-refractivity contribution in [2.45, 2.75) is 26.9 Å². The molecule has 8 nitrogen and oxygen atoms in total. The number of aryl methyl sites for hydroxylation is 2. The van der Waals surface area contributed by atoms with Crippen LogP contribution < -0.4 is 11.1 Å². The Morgan fingerprint density at radius 1 is 1.17 bits per heavy atom. The molecule has 178 valence electrons. The second-order valence-corrected chi connectivity index (χ2v) is 9.10. The predicted molar refractivity (Wildman–Crippen MR) is 140 cm³/mol. The first-order valence-corrected chi connectivity index (χ1v) is 11.6. The minimum absolute atomic E-state index is 0.246. The zero-order valence-electron chi connectivity index (χ0n) is 19.7. The van der Waals surface area contributed by atoms with Crippen molar-refractivity contribution in [3.8, 4) is 6.07 Å². The molecule has 0 bridgehead atoms. The molecule has 1 aromatic carbocycles. The summed E-state index contributed by atoms with van der Waals surface area (Å²) in [6.45, 7) is 4.62. The average molecular weight is 496 g/mol. The summed E-state index contributed by atoms with van der Waals surface area (Å²) in [6, 6.07) is 13.3. The lowest BCUT2D eigenvalue weighted by Crippen LogP contribution is -2.24. The summed E-state index contributed by atoms with van der Waals surface area (Å²) in [5, 5.41) is 14.5. The number of nitrogens with two attached hydrogens (primary N) is 1. The third-order valence-corrected chi connectivity index (χ3v) is 6.40. The van der Waals surface area contributed by atoms with Crippen LogP contribution in [0.4, 0.5) is 5.82 Å². The van der Waals surface area contributed by atoms with E-state index in [0.29, 0.717) is 34.9 Å². The molecule has 4 aromatic heterocycles. The Labute approximate surface area is 212 Å². The number of benzene rings is 1. The number of nitriles is 1. The normalized spacial score (nSPS) is 11.1. The van der Waals surface area contributed by atoms with Gasteiger partial charge in [0.15, 0.2) is 0 Å². The van der Waals surface area contributed by atoms with Crippen molar-refractivity contribution in [1.29, 1.82) is 5.26 Å². The molecule has 0 aliphatic carbocycles. The van der Waals surface area contributed by atoms with Gasteiger partial charge in [0.2, 0.25) is 0 Å². The number of hydrogen-bond acceptors (Lipinski definition) is 6. The first-order chi connectivity index (χ1) is 17.3. The van der Waals surface area contributed by atoms with Crippen LogP contribution in [0.3, 0.4) is 0 Å². The number of carbonyl (C=O) groups excluding carboxylic acids is 1. The first kappa shape index (κ1) is 23.3. The van der Waals surface area contributed by atoms with Gasteiger partial charge in [0, 0.05) is 41.9 Å². The Kier molecular flexibility index (Phi) is 6.00. The molecule has 0 fully saturated rings. The Morgan fingerprint density at radius 2 is 2.00 bits per heavy atom. The molecule has 9 heteroatoms. The summed E-state index contributed by atoms with van der Waals surface area (Å²) in [5.41, 5.74) is 11.8. The molecular weight excluding hydrogens is 474 g/mol. The molecule has 5 rings (SSSR count). The number of nitrogen functional groups attached to an aromatic ring is 1. The quantitative estimate of drug-likeness (QED) is 0.365. The second-order valence-electron chi connectivity index (χ2n) is 8.66. The van der Waals surface area contributed by atoms with E-state index in [-0.39, 0.29) is 11.6 Å². The number of pyridine rings is 3. The zero-order chi connectivity index (χ0) is 25.4. The highest BCUT2D eigenvalue weighted by atomic mass is 35.5. The van der Waals surface area contributed by atoms with Crippen molar-refractivity contribution >= 4 is 45.1 Å². The van der Waals surface area contributed by atoms with Crippen molar-refractivity contribution < 1.29 is 4.79 Å². The van der Waals surface area contributed by atoms with Crippen molar-refractivity contribution in [1.82, 2.24) is 24.8 Å². The van der Waals surface area contributed by atoms with Gasteiger partial charge in [-0.3, -0.25) is 9.78 Å². The second kappa shape index (κ2) is 9.29. The Bertz CT molecular complexity index is 1680. The van der Waals surface area contributed by atoms with Crippen molar-refractivity contribution in [2.24, 2.45) is 0 Å². The van der Waals surface area contributed by atoms with E-state index in [9.17, 15) is 10.1 Å². The van der Waals surface area contributed by atoms with Crippen LogP contribution in [-0.4, -0.2) is 25.4 Å². The lowest BCUT2D eigenvalue weighted by Gasteiger charge is -2.11. The van der Waals surface area contributed by atoms with E-state index < -0.39 is 0 Å². The summed E-state index contributed by atoms with van der Waals surface area (Å²) in [7, 11) is 0. The summed E-state index contributed by atoms with van der Waals surface area (Å²) in [5.74, 6) is 0.199. The van der Waals surface area contributed by atoms with Crippen LogP contribution in [0.1, 0.15) is 38.4 Å². The molecule has 4 heterocycles. The number of fused-ring (bicyclic) bond motifs is 2. The van der Waals surface area contributed by atoms with E-state index in [1.165, 1.54) is 0 Å². The number of aromatic nitrogens is 4. The number of amides is 1. The first-order valence-electron chi connectivity index (χ1n) is 11.3. The lowest BCUT2D eigenvalue weighted by atomic mass is 10.1. The number of anilines is 1. The molecule has 1 amide bonds. The molecule has 0 saturated carbocycles. The molecular formula is C27H22ClN7O. The van der Waals surface area contributed by atoms with Crippen LogP contribution in [0.2, 0.25) is 5.02 Å². The van der Waals surface area contributed by atoms with Gasteiger partial charge in [-0.15, -0.1) is 0 Å². The van der Waals surface area contributed by atoms with Gasteiger partial charge in [0.05, 0.1) is 27.8 Å². The SMILES string of the molecule is Cc1cc(N)nc(C)c1CNC(=O)c1cn(Cc2ccc3ncc(Cl)cc3c2)c2cnc(C#N)cc12. The molecule has 3 N–H and O–H groups in total. The number of carbonyl (C=O) groups is 1. The average Bonchev–Trinajstić information content (AvgIpc) is 3.20.